The first-order valence-corrected chi connectivity index (χ1v) is 11.4. The Kier molecular flexibility index (Phi) is 8.26. The van der Waals surface area contributed by atoms with E-state index in [1.807, 2.05) is 97.9 Å². The average Bonchev–Trinajstić information content (AvgIpc) is 3.14. The smallest absolute Gasteiger partial charge is 0.205 e. The summed E-state index contributed by atoms with van der Waals surface area (Å²) in [7, 11) is 1.65. The summed E-state index contributed by atoms with van der Waals surface area (Å²) >= 11 is 0. The van der Waals surface area contributed by atoms with Gasteiger partial charge < -0.3 is 23.7 Å². The van der Waals surface area contributed by atoms with Crippen LogP contribution in [-0.4, -0.2) is 31.9 Å². The molecule has 0 radical (unpaired) electrons. The number of hydrogen-bond acceptors (Lipinski definition) is 5. The molecule has 1 saturated heterocycles. The molecule has 33 heavy (non-hydrogen) atoms. The van der Waals surface area contributed by atoms with E-state index in [0.717, 1.165) is 16.7 Å². The van der Waals surface area contributed by atoms with Crippen LogP contribution in [0.3, 0.4) is 0 Å². The van der Waals surface area contributed by atoms with Gasteiger partial charge in [-0.25, -0.2) is 0 Å². The van der Waals surface area contributed by atoms with Gasteiger partial charge in [-0.3, -0.25) is 0 Å². The zero-order valence-corrected chi connectivity index (χ0v) is 19.3. The monoisotopic (exact) mass is 448 g/mol. The van der Waals surface area contributed by atoms with Crippen molar-refractivity contribution in [2.45, 2.75) is 44.9 Å². The molecule has 0 amide bonds. The minimum atomic E-state index is -1.02. The van der Waals surface area contributed by atoms with Gasteiger partial charge in [0, 0.05) is 7.11 Å². The zero-order chi connectivity index (χ0) is 22.9. The normalized spacial score (nSPS) is 21.8. The number of rotatable bonds is 11. The van der Waals surface area contributed by atoms with Gasteiger partial charge in [0.1, 0.15) is 6.10 Å². The first kappa shape index (κ1) is 23.6. The number of benzene rings is 3. The van der Waals surface area contributed by atoms with Crippen molar-refractivity contribution in [2.75, 3.05) is 13.7 Å². The Morgan fingerprint density at radius 2 is 1.15 bits per heavy atom. The summed E-state index contributed by atoms with van der Waals surface area (Å²) in [6.45, 7) is 3.65. The number of hydrogen-bond donors (Lipinski definition) is 0. The van der Waals surface area contributed by atoms with E-state index in [2.05, 4.69) is 0 Å². The summed E-state index contributed by atoms with van der Waals surface area (Å²) < 4.78 is 31.1. The van der Waals surface area contributed by atoms with Crippen molar-refractivity contribution in [3.8, 4) is 0 Å². The molecule has 174 valence electrons. The molecule has 0 N–H and O–H groups in total. The predicted octanol–water partition coefficient (Wildman–Crippen LogP) is 5.34. The standard InChI is InChI=1S/C28H32O5/c1-22-27(29-2)33-26(21-30-18-23-12-6-3-7-13-23)28(22,31-19-24-14-8-4-9-15-24)32-20-25-16-10-5-11-17-25/h3-17,22,26-27H,18-21H2,1-2H3. The fraction of sp³-hybridized carbons (Fsp3) is 0.357. The van der Waals surface area contributed by atoms with Crippen LogP contribution in [0.25, 0.3) is 0 Å². The molecule has 4 rings (SSSR count). The molecule has 0 spiro atoms. The topological polar surface area (TPSA) is 46.2 Å². The zero-order valence-electron chi connectivity index (χ0n) is 19.3. The second-order valence-corrected chi connectivity index (χ2v) is 8.29. The van der Waals surface area contributed by atoms with E-state index in [0.29, 0.717) is 26.4 Å². The van der Waals surface area contributed by atoms with E-state index in [4.69, 9.17) is 23.7 Å². The van der Waals surface area contributed by atoms with E-state index < -0.39 is 18.2 Å². The highest BCUT2D eigenvalue weighted by atomic mass is 16.8. The fourth-order valence-corrected chi connectivity index (χ4v) is 4.16. The molecule has 0 saturated carbocycles. The highest BCUT2D eigenvalue weighted by Crippen LogP contribution is 2.42. The maximum atomic E-state index is 6.55. The number of methoxy groups -OCH3 is 1. The summed E-state index contributed by atoms with van der Waals surface area (Å²) in [4.78, 5) is 0. The molecule has 1 fully saturated rings. The lowest BCUT2D eigenvalue weighted by molar-refractivity contribution is -0.292. The molecule has 3 aromatic carbocycles. The molecule has 3 unspecified atom stereocenters. The molecule has 1 aliphatic rings. The van der Waals surface area contributed by atoms with Crippen LogP contribution in [-0.2, 0) is 43.5 Å². The highest BCUT2D eigenvalue weighted by molar-refractivity contribution is 5.15. The molecule has 0 bridgehead atoms. The molecule has 5 nitrogen and oxygen atoms in total. The minimum Gasteiger partial charge on any atom is -0.374 e. The number of ether oxygens (including phenoxy) is 5. The van der Waals surface area contributed by atoms with Gasteiger partial charge in [0.05, 0.1) is 32.3 Å². The van der Waals surface area contributed by atoms with Crippen molar-refractivity contribution in [1.82, 2.24) is 0 Å². The van der Waals surface area contributed by atoms with E-state index >= 15 is 0 Å². The average molecular weight is 449 g/mol. The second-order valence-electron chi connectivity index (χ2n) is 8.29. The molecule has 0 aliphatic carbocycles. The Morgan fingerprint density at radius 1 is 0.697 bits per heavy atom. The van der Waals surface area contributed by atoms with Crippen molar-refractivity contribution in [3.05, 3.63) is 108 Å². The maximum absolute atomic E-state index is 6.55. The second kappa shape index (κ2) is 11.5. The Balaban J connectivity index is 1.54. The molecule has 5 heteroatoms. The summed E-state index contributed by atoms with van der Waals surface area (Å²) in [6.07, 6.45) is -0.907. The fourth-order valence-electron chi connectivity index (χ4n) is 4.16. The molecular weight excluding hydrogens is 416 g/mol. The van der Waals surface area contributed by atoms with Crippen molar-refractivity contribution >= 4 is 0 Å². The molecule has 3 aromatic rings. The van der Waals surface area contributed by atoms with Gasteiger partial charge in [0.15, 0.2) is 6.29 Å². The van der Waals surface area contributed by atoms with E-state index in [9.17, 15) is 0 Å². The first-order chi connectivity index (χ1) is 16.2. The molecule has 1 heterocycles. The Labute approximate surface area is 196 Å². The van der Waals surface area contributed by atoms with E-state index in [1.54, 1.807) is 7.11 Å². The van der Waals surface area contributed by atoms with Gasteiger partial charge >= 0.3 is 0 Å². The Hall–Kier alpha value is -2.54. The van der Waals surface area contributed by atoms with Crippen LogP contribution in [0, 0.1) is 5.92 Å². The van der Waals surface area contributed by atoms with Crippen molar-refractivity contribution in [3.63, 3.8) is 0 Å². The van der Waals surface area contributed by atoms with Crippen LogP contribution < -0.4 is 0 Å². The summed E-state index contributed by atoms with van der Waals surface area (Å²) in [5.74, 6) is -1.19. The van der Waals surface area contributed by atoms with E-state index in [-0.39, 0.29) is 5.92 Å². The first-order valence-electron chi connectivity index (χ1n) is 11.4. The van der Waals surface area contributed by atoms with Crippen LogP contribution >= 0.6 is 0 Å². The lowest BCUT2D eigenvalue weighted by Crippen LogP contribution is -2.50. The van der Waals surface area contributed by atoms with Gasteiger partial charge in [-0.05, 0) is 16.7 Å². The van der Waals surface area contributed by atoms with Gasteiger partial charge in [-0.1, -0.05) is 97.9 Å². The largest absolute Gasteiger partial charge is 0.374 e. The SMILES string of the molecule is COC1OC(COCc2ccccc2)C(OCc2ccccc2)(OCc2ccccc2)C1C. The summed E-state index contributed by atoms with van der Waals surface area (Å²) in [5.41, 5.74) is 3.24. The third-order valence-corrected chi connectivity index (χ3v) is 6.02. The van der Waals surface area contributed by atoms with Gasteiger partial charge in [0.25, 0.3) is 0 Å². The maximum Gasteiger partial charge on any atom is 0.205 e. The van der Waals surface area contributed by atoms with Crippen molar-refractivity contribution in [2.24, 2.45) is 5.92 Å². The van der Waals surface area contributed by atoms with Crippen molar-refractivity contribution < 1.29 is 23.7 Å². The van der Waals surface area contributed by atoms with Crippen LogP contribution in [0.2, 0.25) is 0 Å². The Bertz CT molecular complexity index is 904. The molecular formula is C28H32O5. The molecule has 3 atom stereocenters. The van der Waals surface area contributed by atoms with Crippen LogP contribution in [0.4, 0.5) is 0 Å². The minimum absolute atomic E-state index is 0.166. The van der Waals surface area contributed by atoms with E-state index in [1.165, 1.54) is 0 Å². The third kappa shape index (κ3) is 5.88. The molecule has 1 aliphatic heterocycles. The van der Waals surface area contributed by atoms with Crippen molar-refractivity contribution in [1.29, 1.82) is 0 Å². The third-order valence-electron chi connectivity index (χ3n) is 6.02. The predicted molar refractivity (Wildman–Crippen MR) is 126 cm³/mol. The van der Waals surface area contributed by atoms with Crippen LogP contribution in [0.1, 0.15) is 23.6 Å². The lowest BCUT2D eigenvalue weighted by atomic mass is 9.97. The van der Waals surface area contributed by atoms with Gasteiger partial charge in [-0.15, -0.1) is 0 Å². The van der Waals surface area contributed by atoms with Gasteiger partial charge in [0.2, 0.25) is 5.79 Å². The molecule has 0 aromatic heterocycles. The van der Waals surface area contributed by atoms with Crippen LogP contribution in [0.5, 0.6) is 0 Å². The quantitative estimate of drug-likeness (QED) is 0.371. The lowest BCUT2D eigenvalue weighted by Gasteiger charge is -2.37. The van der Waals surface area contributed by atoms with Crippen LogP contribution in [0.15, 0.2) is 91.0 Å². The van der Waals surface area contributed by atoms with Gasteiger partial charge in [-0.2, -0.15) is 0 Å². The Morgan fingerprint density at radius 3 is 1.61 bits per heavy atom. The summed E-state index contributed by atoms with van der Waals surface area (Å²) in [5, 5.41) is 0. The highest BCUT2D eigenvalue weighted by Gasteiger charge is 2.57. The summed E-state index contributed by atoms with van der Waals surface area (Å²) in [6, 6.07) is 30.3.